The summed E-state index contributed by atoms with van der Waals surface area (Å²) in [5.74, 6) is 0.547. The first kappa shape index (κ1) is 21.7. The van der Waals surface area contributed by atoms with Gasteiger partial charge in [0.05, 0.1) is 5.92 Å². The third-order valence-corrected chi connectivity index (χ3v) is 5.77. The Labute approximate surface area is 187 Å². The first-order valence-corrected chi connectivity index (χ1v) is 11.1. The fourth-order valence-corrected chi connectivity index (χ4v) is 3.74. The monoisotopic (exact) mass is 435 g/mol. The van der Waals surface area contributed by atoms with Crippen LogP contribution in [0.2, 0.25) is 0 Å². The predicted molar refractivity (Wildman–Crippen MR) is 125 cm³/mol. The SMILES string of the molecule is O=C(Nc1ccccc1)Nc1ccc(NC(=O)N2CCC[C@H](C(=O)NCC3CC3)C2)cc1. The fraction of sp³-hybridized carbons (Fsp3) is 0.375. The standard InChI is InChI=1S/C24H29N5O3/c30-22(25-15-17-8-9-17)18-5-4-14-29(16-18)24(32)28-21-12-10-20(11-13-21)27-23(31)26-19-6-2-1-3-7-19/h1-3,6-7,10-13,17-18H,4-5,8-9,14-16H2,(H,25,30)(H,28,32)(H2,26,27,31)/t18-/m0/s1. The van der Waals surface area contributed by atoms with E-state index < -0.39 is 0 Å². The zero-order valence-electron chi connectivity index (χ0n) is 18.0. The van der Waals surface area contributed by atoms with Crippen LogP contribution < -0.4 is 21.3 Å². The van der Waals surface area contributed by atoms with Crippen molar-refractivity contribution in [2.45, 2.75) is 25.7 Å². The summed E-state index contributed by atoms with van der Waals surface area (Å²) in [6.45, 7) is 1.82. The Morgan fingerprint density at radius 1 is 0.812 bits per heavy atom. The second-order valence-corrected chi connectivity index (χ2v) is 8.43. The molecule has 32 heavy (non-hydrogen) atoms. The lowest BCUT2D eigenvalue weighted by molar-refractivity contribution is -0.126. The summed E-state index contributed by atoms with van der Waals surface area (Å²) in [7, 11) is 0. The van der Waals surface area contributed by atoms with Crippen LogP contribution in [0.25, 0.3) is 0 Å². The summed E-state index contributed by atoms with van der Waals surface area (Å²) < 4.78 is 0. The number of hydrogen-bond donors (Lipinski definition) is 4. The van der Waals surface area contributed by atoms with Crippen LogP contribution in [-0.2, 0) is 4.79 Å². The van der Waals surface area contributed by atoms with Crippen LogP contribution in [0, 0.1) is 11.8 Å². The number of likely N-dealkylation sites (tertiary alicyclic amines) is 1. The number of hydrogen-bond acceptors (Lipinski definition) is 3. The molecular weight excluding hydrogens is 406 g/mol. The van der Waals surface area contributed by atoms with E-state index in [1.807, 2.05) is 18.2 Å². The van der Waals surface area contributed by atoms with E-state index in [1.54, 1.807) is 41.3 Å². The first-order chi connectivity index (χ1) is 15.6. The Morgan fingerprint density at radius 3 is 2.09 bits per heavy atom. The van der Waals surface area contributed by atoms with Crippen molar-refractivity contribution in [3.63, 3.8) is 0 Å². The maximum atomic E-state index is 12.7. The molecule has 1 saturated heterocycles. The summed E-state index contributed by atoms with van der Waals surface area (Å²) in [6.07, 6.45) is 4.02. The average molecular weight is 436 g/mol. The van der Waals surface area contributed by atoms with E-state index in [2.05, 4.69) is 21.3 Å². The lowest BCUT2D eigenvalue weighted by Gasteiger charge is -2.32. The number of nitrogens with zero attached hydrogens (tertiary/aromatic N) is 1. The van der Waals surface area contributed by atoms with Gasteiger partial charge in [-0.15, -0.1) is 0 Å². The molecule has 2 fully saturated rings. The zero-order valence-corrected chi connectivity index (χ0v) is 18.0. The smallest absolute Gasteiger partial charge is 0.323 e. The first-order valence-electron chi connectivity index (χ1n) is 11.1. The summed E-state index contributed by atoms with van der Waals surface area (Å²) in [5.41, 5.74) is 1.95. The van der Waals surface area contributed by atoms with Crippen LogP contribution in [0.15, 0.2) is 54.6 Å². The Bertz CT molecular complexity index is 944. The molecule has 2 aromatic rings. The van der Waals surface area contributed by atoms with Crippen LogP contribution in [-0.4, -0.2) is 42.5 Å². The number of amides is 5. The maximum absolute atomic E-state index is 12.7. The van der Waals surface area contributed by atoms with Crippen LogP contribution >= 0.6 is 0 Å². The molecular formula is C24H29N5O3. The van der Waals surface area contributed by atoms with E-state index in [-0.39, 0.29) is 23.9 Å². The highest BCUT2D eigenvalue weighted by Crippen LogP contribution is 2.28. The van der Waals surface area contributed by atoms with Gasteiger partial charge in [-0.1, -0.05) is 18.2 Å². The van der Waals surface area contributed by atoms with Gasteiger partial charge in [0, 0.05) is 36.7 Å². The predicted octanol–water partition coefficient (Wildman–Crippen LogP) is 4.10. The van der Waals surface area contributed by atoms with Gasteiger partial charge >= 0.3 is 12.1 Å². The van der Waals surface area contributed by atoms with E-state index >= 15 is 0 Å². The van der Waals surface area contributed by atoms with Crippen molar-refractivity contribution < 1.29 is 14.4 Å². The molecule has 168 valence electrons. The number of rotatable bonds is 6. The maximum Gasteiger partial charge on any atom is 0.323 e. The highest BCUT2D eigenvalue weighted by Gasteiger charge is 2.30. The molecule has 8 heteroatoms. The quantitative estimate of drug-likeness (QED) is 0.549. The van der Waals surface area contributed by atoms with Gasteiger partial charge in [0.2, 0.25) is 5.91 Å². The number of piperidine rings is 1. The molecule has 4 rings (SSSR count). The minimum Gasteiger partial charge on any atom is -0.356 e. The number of carbonyl (C=O) groups excluding carboxylic acids is 3. The number of urea groups is 2. The fourth-order valence-electron chi connectivity index (χ4n) is 3.74. The molecule has 5 amide bonds. The molecule has 1 aliphatic heterocycles. The molecule has 8 nitrogen and oxygen atoms in total. The Kier molecular flexibility index (Phi) is 6.89. The van der Waals surface area contributed by atoms with Gasteiger partial charge in [0.1, 0.15) is 0 Å². The highest BCUT2D eigenvalue weighted by molar-refractivity contribution is 6.00. The van der Waals surface area contributed by atoms with Crippen molar-refractivity contribution in [1.29, 1.82) is 0 Å². The Balaban J connectivity index is 1.24. The van der Waals surface area contributed by atoms with E-state index in [4.69, 9.17) is 0 Å². The van der Waals surface area contributed by atoms with Crippen LogP contribution in [0.5, 0.6) is 0 Å². The molecule has 0 spiro atoms. The molecule has 0 aromatic heterocycles. The van der Waals surface area contributed by atoms with Gasteiger partial charge in [-0.2, -0.15) is 0 Å². The van der Waals surface area contributed by atoms with Crippen molar-refractivity contribution in [3.8, 4) is 0 Å². The number of carbonyl (C=O) groups is 3. The average Bonchev–Trinajstić information content (AvgIpc) is 3.64. The minimum absolute atomic E-state index is 0.0543. The van der Waals surface area contributed by atoms with Crippen molar-refractivity contribution in [2.24, 2.45) is 11.8 Å². The molecule has 0 bridgehead atoms. The highest BCUT2D eigenvalue weighted by atomic mass is 16.2. The molecule has 1 heterocycles. The second kappa shape index (κ2) is 10.2. The lowest BCUT2D eigenvalue weighted by atomic mass is 9.97. The molecule has 1 aliphatic carbocycles. The van der Waals surface area contributed by atoms with Crippen molar-refractivity contribution in [1.82, 2.24) is 10.2 Å². The van der Waals surface area contributed by atoms with E-state index in [0.29, 0.717) is 36.1 Å². The van der Waals surface area contributed by atoms with Crippen LogP contribution in [0.3, 0.4) is 0 Å². The van der Waals surface area contributed by atoms with Crippen LogP contribution in [0.4, 0.5) is 26.7 Å². The normalized spacial score (nSPS) is 17.9. The molecule has 2 aliphatic rings. The summed E-state index contributed by atoms with van der Waals surface area (Å²) in [6, 6.07) is 15.6. The summed E-state index contributed by atoms with van der Waals surface area (Å²) in [5, 5.41) is 11.4. The van der Waals surface area contributed by atoms with E-state index in [9.17, 15) is 14.4 Å². The lowest BCUT2D eigenvalue weighted by Crippen LogP contribution is -2.47. The number of benzene rings is 2. The van der Waals surface area contributed by atoms with Gasteiger partial charge in [0.15, 0.2) is 0 Å². The molecule has 0 unspecified atom stereocenters. The summed E-state index contributed by atoms with van der Waals surface area (Å²) >= 11 is 0. The topological polar surface area (TPSA) is 103 Å². The van der Waals surface area contributed by atoms with Gasteiger partial charge < -0.3 is 26.2 Å². The second-order valence-electron chi connectivity index (χ2n) is 8.43. The van der Waals surface area contributed by atoms with E-state index in [0.717, 1.165) is 19.4 Å². The van der Waals surface area contributed by atoms with Crippen LogP contribution in [0.1, 0.15) is 25.7 Å². The number of para-hydroxylation sites is 1. The Morgan fingerprint density at radius 2 is 1.44 bits per heavy atom. The zero-order chi connectivity index (χ0) is 22.3. The van der Waals surface area contributed by atoms with Gasteiger partial charge in [0.25, 0.3) is 0 Å². The molecule has 4 N–H and O–H groups in total. The van der Waals surface area contributed by atoms with Crippen molar-refractivity contribution in [2.75, 3.05) is 35.6 Å². The number of anilines is 3. The van der Waals surface area contributed by atoms with E-state index in [1.165, 1.54) is 12.8 Å². The van der Waals surface area contributed by atoms with Crippen molar-refractivity contribution >= 4 is 35.0 Å². The largest absolute Gasteiger partial charge is 0.356 e. The molecule has 2 aromatic carbocycles. The third kappa shape index (κ3) is 6.23. The van der Waals surface area contributed by atoms with Gasteiger partial charge in [-0.25, -0.2) is 9.59 Å². The molecule has 1 atom stereocenters. The summed E-state index contributed by atoms with van der Waals surface area (Å²) in [4.78, 5) is 38.9. The molecule has 1 saturated carbocycles. The van der Waals surface area contributed by atoms with Gasteiger partial charge in [-0.05, 0) is 68.0 Å². The van der Waals surface area contributed by atoms with Crippen molar-refractivity contribution in [3.05, 3.63) is 54.6 Å². The van der Waals surface area contributed by atoms with Gasteiger partial charge in [-0.3, -0.25) is 4.79 Å². The minimum atomic E-state index is -0.340. The Hall–Kier alpha value is -3.55. The molecule has 0 radical (unpaired) electrons. The number of nitrogens with one attached hydrogen (secondary N) is 4. The third-order valence-electron chi connectivity index (χ3n) is 5.77.